The van der Waals surface area contributed by atoms with Crippen molar-refractivity contribution in [2.24, 2.45) is 7.05 Å². The number of amides is 1. The third-order valence-corrected chi connectivity index (χ3v) is 4.10. The Bertz CT molecular complexity index is 672. The quantitative estimate of drug-likeness (QED) is 0.899. The van der Waals surface area contributed by atoms with Gasteiger partial charge in [-0.1, -0.05) is 0 Å². The number of hydrogen-bond acceptors (Lipinski definition) is 4. The zero-order valence-electron chi connectivity index (χ0n) is 11.4. The van der Waals surface area contributed by atoms with E-state index in [-0.39, 0.29) is 10.8 Å². The summed E-state index contributed by atoms with van der Waals surface area (Å²) in [5, 5.41) is 15.8. The average molecular weight is 293 g/mol. The summed E-state index contributed by atoms with van der Waals surface area (Å²) in [7, 11) is 1.79. The van der Waals surface area contributed by atoms with Crippen molar-refractivity contribution in [1.29, 1.82) is 0 Å². The zero-order valence-corrected chi connectivity index (χ0v) is 12.2. The summed E-state index contributed by atoms with van der Waals surface area (Å²) in [5.41, 5.74) is 2.06. The lowest BCUT2D eigenvalue weighted by Crippen LogP contribution is -2.23. The highest BCUT2D eigenvalue weighted by atomic mass is 32.1. The maximum atomic E-state index is 12.1. The van der Waals surface area contributed by atoms with Gasteiger partial charge >= 0.3 is 5.97 Å². The summed E-state index contributed by atoms with van der Waals surface area (Å²) < 4.78 is 1.66. The molecule has 106 valence electrons. The van der Waals surface area contributed by atoms with Crippen molar-refractivity contribution in [3.05, 3.63) is 38.8 Å². The largest absolute Gasteiger partial charge is 0.477 e. The molecule has 0 unspecified atom stereocenters. The summed E-state index contributed by atoms with van der Waals surface area (Å²) in [5.74, 6) is -1.15. The van der Waals surface area contributed by atoms with Crippen LogP contribution in [0.5, 0.6) is 0 Å². The van der Waals surface area contributed by atoms with Crippen molar-refractivity contribution in [3.8, 4) is 0 Å². The van der Waals surface area contributed by atoms with E-state index in [1.54, 1.807) is 24.7 Å². The minimum atomic E-state index is -0.952. The molecule has 6 nitrogen and oxygen atoms in total. The first-order valence-electron chi connectivity index (χ1n) is 6.00. The first-order chi connectivity index (χ1) is 9.40. The van der Waals surface area contributed by atoms with E-state index in [1.165, 1.54) is 6.07 Å². The molecule has 2 aromatic heterocycles. The van der Waals surface area contributed by atoms with Gasteiger partial charge in [-0.15, -0.1) is 11.3 Å². The van der Waals surface area contributed by atoms with Crippen LogP contribution in [0.2, 0.25) is 0 Å². The molecule has 0 radical (unpaired) electrons. The normalized spacial score (nSPS) is 10.6. The maximum Gasteiger partial charge on any atom is 0.345 e. The molecule has 0 aromatic carbocycles. The van der Waals surface area contributed by atoms with E-state index in [2.05, 4.69) is 10.4 Å². The fourth-order valence-corrected chi connectivity index (χ4v) is 2.73. The first kappa shape index (κ1) is 14.3. The van der Waals surface area contributed by atoms with E-state index < -0.39 is 5.97 Å². The van der Waals surface area contributed by atoms with E-state index in [0.717, 1.165) is 21.9 Å². The summed E-state index contributed by atoms with van der Waals surface area (Å²) in [6.07, 6.45) is 0. The molecule has 0 spiro atoms. The molecule has 2 rings (SSSR count). The fraction of sp³-hybridized carbons (Fsp3) is 0.308. The number of thiophene rings is 1. The highest BCUT2D eigenvalue weighted by Crippen LogP contribution is 2.17. The van der Waals surface area contributed by atoms with Crippen LogP contribution in [0, 0.1) is 13.8 Å². The average Bonchev–Trinajstić information content (AvgIpc) is 2.93. The van der Waals surface area contributed by atoms with Crippen LogP contribution in [0.1, 0.15) is 36.3 Å². The van der Waals surface area contributed by atoms with Gasteiger partial charge in [0.1, 0.15) is 4.88 Å². The predicted molar refractivity (Wildman–Crippen MR) is 75.1 cm³/mol. The Labute approximate surface area is 120 Å². The molecule has 1 amide bonds. The first-order valence-corrected chi connectivity index (χ1v) is 6.82. The number of carbonyl (C=O) groups is 2. The minimum absolute atomic E-state index is 0.196. The smallest absolute Gasteiger partial charge is 0.345 e. The monoisotopic (exact) mass is 293 g/mol. The van der Waals surface area contributed by atoms with Gasteiger partial charge in [0, 0.05) is 17.6 Å². The number of carboxylic acid groups (broad SMARTS) is 1. The Morgan fingerprint density at radius 1 is 1.40 bits per heavy atom. The molecule has 0 atom stereocenters. The number of carboxylic acids is 1. The van der Waals surface area contributed by atoms with Gasteiger partial charge in [-0.2, -0.15) is 5.10 Å². The molecule has 2 N–H and O–H groups in total. The van der Waals surface area contributed by atoms with Gasteiger partial charge in [0.15, 0.2) is 0 Å². The lowest BCUT2D eigenvalue weighted by molar-refractivity contribution is 0.0702. The number of nitrogens with one attached hydrogen (secondary N) is 1. The summed E-state index contributed by atoms with van der Waals surface area (Å²) >= 11 is 1.16. The minimum Gasteiger partial charge on any atom is -0.477 e. The second kappa shape index (κ2) is 5.46. The van der Waals surface area contributed by atoms with Crippen LogP contribution in [0.25, 0.3) is 0 Å². The van der Waals surface area contributed by atoms with E-state index in [1.807, 2.05) is 6.92 Å². The van der Waals surface area contributed by atoms with Crippen LogP contribution in [0.3, 0.4) is 0 Å². The Balaban J connectivity index is 2.06. The SMILES string of the molecule is Cc1nn(C)c(C)c1C(=O)NCc1ccc(C(=O)O)s1. The predicted octanol–water partition coefficient (Wildman–Crippen LogP) is 1.73. The lowest BCUT2D eigenvalue weighted by atomic mass is 10.2. The topological polar surface area (TPSA) is 84.2 Å². The molecule has 2 heterocycles. The van der Waals surface area contributed by atoms with Crippen LogP contribution >= 0.6 is 11.3 Å². The van der Waals surface area contributed by atoms with E-state index in [9.17, 15) is 9.59 Å². The van der Waals surface area contributed by atoms with Crippen molar-refractivity contribution < 1.29 is 14.7 Å². The molecule has 0 saturated heterocycles. The van der Waals surface area contributed by atoms with Gasteiger partial charge < -0.3 is 10.4 Å². The molecule has 0 aliphatic rings. The molecule has 0 saturated carbocycles. The van der Waals surface area contributed by atoms with E-state index in [0.29, 0.717) is 17.8 Å². The number of aromatic carboxylic acids is 1. The number of aryl methyl sites for hydroxylation is 2. The zero-order chi connectivity index (χ0) is 14.9. The van der Waals surface area contributed by atoms with Crippen LogP contribution in [-0.4, -0.2) is 26.8 Å². The Hall–Kier alpha value is -2.15. The van der Waals surface area contributed by atoms with Gasteiger partial charge in [-0.05, 0) is 26.0 Å². The standard InChI is InChI=1S/C13H15N3O3S/c1-7-11(8(2)16(3)15-7)12(17)14-6-9-4-5-10(20-9)13(18)19/h4-5H,6H2,1-3H3,(H,14,17)(H,18,19). The second-order valence-electron chi connectivity index (χ2n) is 4.42. The highest BCUT2D eigenvalue weighted by Gasteiger charge is 2.17. The summed E-state index contributed by atoms with van der Waals surface area (Å²) in [4.78, 5) is 24.0. The number of carbonyl (C=O) groups excluding carboxylic acids is 1. The molecule has 7 heteroatoms. The van der Waals surface area contributed by atoms with Crippen molar-refractivity contribution in [3.63, 3.8) is 0 Å². The Morgan fingerprint density at radius 3 is 2.60 bits per heavy atom. The molecule has 2 aromatic rings. The third-order valence-electron chi connectivity index (χ3n) is 3.03. The van der Waals surface area contributed by atoms with Gasteiger partial charge in [-0.25, -0.2) is 4.79 Å². The van der Waals surface area contributed by atoms with E-state index >= 15 is 0 Å². The number of nitrogens with zero attached hydrogens (tertiary/aromatic N) is 2. The molecule has 0 aliphatic carbocycles. The molecule has 0 fully saturated rings. The van der Waals surface area contributed by atoms with Crippen molar-refractivity contribution in [2.75, 3.05) is 0 Å². The Kier molecular flexibility index (Phi) is 3.89. The van der Waals surface area contributed by atoms with Gasteiger partial charge in [0.05, 0.1) is 17.8 Å². The van der Waals surface area contributed by atoms with Crippen LogP contribution in [0.15, 0.2) is 12.1 Å². The van der Waals surface area contributed by atoms with Crippen molar-refractivity contribution >= 4 is 23.2 Å². The van der Waals surface area contributed by atoms with Gasteiger partial charge in [-0.3, -0.25) is 9.48 Å². The summed E-state index contributed by atoms with van der Waals surface area (Å²) in [6.45, 7) is 3.93. The number of hydrogen-bond donors (Lipinski definition) is 2. The lowest BCUT2D eigenvalue weighted by Gasteiger charge is -2.04. The van der Waals surface area contributed by atoms with Crippen LogP contribution in [0.4, 0.5) is 0 Å². The van der Waals surface area contributed by atoms with Gasteiger partial charge in [0.25, 0.3) is 5.91 Å². The van der Waals surface area contributed by atoms with Crippen molar-refractivity contribution in [2.45, 2.75) is 20.4 Å². The molecular formula is C13H15N3O3S. The van der Waals surface area contributed by atoms with Crippen LogP contribution < -0.4 is 5.32 Å². The highest BCUT2D eigenvalue weighted by molar-refractivity contribution is 7.13. The number of aromatic nitrogens is 2. The molecular weight excluding hydrogens is 278 g/mol. The Morgan fingerprint density at radius 2 is 2.10 bits per heavy atom. The molecule has 20 heavy (non-hydrogen) atoms. The van der Waals surface area contributed by atoms with E-state index in [4.69, 9.17) is 5.11 Å². The second-order valence-corrected chi connectivity index (χ2v) is 5.59. The molecule has 0 bridgehead atoms. The van der Waals surface area contributed by atoms with Crippen molar-refractivity contribution in [1.82, 2.24) is 15.1 Å². The summed E-state index contributed by atoms with van der Waals surface area (Å²) in [6, 6.07) is 3.24. The fourth-order valence-electron chi connectivity index (χ4n) is 1.95. The number of rotatable bonds is 4. The molecule has 0 aliphatic heterocycles. The third kappa shape index (κ3) is 2.72. The van der Waals surface area contributed by atoms with Gasteiger partial charge in [0.2, 0.25) is 0 Å². The van der Waals surface area contributed by atoms with Crippen LogP contribution in [-0.2, 0) is 13.6 Å². The maximum absolute atomic E-state index is 12.1.